The van der Waals surface area contributed by atoms with E-state index in [9.17, 15) is 9.18 Å². The van der Waals surface area contributed by atoms with Crippen LogP contribution in [0.25, 0.3) is 0 Å². The molecule has 120 valence electrons. The molecule has 0 atom stereocenters. The van der Waals surface area contributed by atoms with Gasteiger partial charge in [-0.05, 0) is 23.8 Å². The summed E-state index contributed by atoms with van der Waals surface area (Å²) in [7, 11) is 0. The van der Waals surface area contributed by atoms with Gasteiger partial charge in [-0.3, -0.25) is 4.79 Å². The fourth-order valence-electron chi connectivity index (χ4n) is 2.31. The number of carbonyl (C=O) groups is 1. The molecule has 2 aromatic carbocycles. The van der Waals surface area contributed by atoms with Crippen molar-refractivity contribution in [1.82, 2.24) is 5.32 Å². The summed E-state index contributed by atoms with van der Waals surface area (Å²) >= 11 is 3.44. The van der Waals surface area contributed by atoms with Gasteiger partial charge in [0.1, 0.15) is 19.0 Å². The Bertz CT molecular complexity index is 736. The molecule has 0 unspecified atom stereocenters. The van der Waals surface area contributed by atoms with Crippen LogP contribution in [0.5, 0.6) is 11.5 Å². The molecule has 0 aliphatic carbocycles. The zero-order valence-electron chi connectivity index (χ0n) is 12.3. The molecular weight excluding hydrogens is 365 g/mol. The minimum atomic E-state index is -0.326. The second kappa shape index (κ2) is 7.00. The lowest BCUT2D eigenvalue weighted by Crippen LogP contribution is -2.25. The van der Waals surface area contributed by atoms with E-state index in [2.05, 4.69) is 21.2 Å². The molecule has 0 saturated carbocycles. The highest BCUT2D eigenvalue weighted by atomic mass is 79.9. The highest BCUT2D eigenvalue weighted by Crippen LogP contribution is 2.35. The van der Waals surface area contributed by atoms with E-state index in [-0.39, 0.29) is 24.7 Å². The van der Waals surface area contributed by atoms with Crippen LogP contribution >= 0.6 is 15.9 Å². The summed E-state index contributed by atoms with van der Waals surface area (Å²) in [5.41, 5.74) is 1.25. The van der Waals surface area contributed by atoms with Crippen LogP contribution in [0.15, 0.2) is 40.9 Å². The van der Waals surface area contributed by atoms with Crippen molar-refractivity contribution in [3.05, 3.63) is 57.8 Å². The van der Waals surface area contributed by atoms with Crippen LogP contribution in [0, 0.1) is 5.82 Å². The zero-order chi connectivity index (χ0) is 16.2. The van der Waals surface area contributed by atoms with Gasteiger partial charge in [-0.25, -0.2) is 4.39 Å². The number of halogens is 2. The molecule has 3 rings (SSSR count). The SMILES string of the molecule is O=C(Cc1cc2c(cc1Br)OCCO2)NCc1ccccc1F. The first kappa shape index (κ1) is 15.8. The smallest absolute Gasteiger partial charge is 0.224 e. The van der Waals surface area contributed by atoms with Crippen molar-refractivity contribution in [2.75, 3.05) is 13.2 Å². The highest BCUT2D eigenvalue weighted by molar-refractivity contribution is 9.10. The van der Waals surface area contributed by atoms with Crippen LogP contribution < -0.4 is 14.8 Å². The molecule has 1 aliphatic heterocycles. The predicted octanol–water partition coefficient (Wildman–Crippen LogP) is 3.22. The average molecular weight is 380 g/mol. The van der Waals surface area contributed by atoms with Crippen LogP contribution in [-0.4, -0.2) is 19.1 Å². The standard InChI is InChI=1S/C17H15BrFNO3/c18-13-9-16-15(22-5-6-23-16)7-12(13)8-17(21)20-10-11-3-1-2-4-14(11)19/h1-4,7,9H,5-6,8,10H2,(H,20,21). The van der Waals surface area contributed by atoms with Crippen molar-refractivity contribution in [3.8, 4) is 11.5 Å². The minimum absolute atomic E-state index is 0.160. The summed E-state index contributed by atoms with van der Waals surface area (Å²) in [4.78, 5) is 12.1. The summed E-state index contributed by atoms with van der Waals surface area (Å²) in [6.07, 6.45) is 0.172. The lowest BCUT2D eigenvalue weighted by atomic mass is 10.1. The van der Waals surface area contributed by atoms with Gasteiger partial charge in [-0.2, -0.15) is 0 Å². The van der Waals surface area contributed by atoms with Gasteiger partial charge in [-0.15, -0.1) is 0 Å². The number of fused-ring (bicyclic) bond motifs is 1. The lowest BCUT2D eigenvalue weighted by Gasteiger charge is -2.19. The van der Waals surface area contributed by atoms with Gasteiger partial charge in [0.25, 0.3) is 0 Å². The van der Waals surface area contributed by atoms with Crippen molar-refractivity contribution in [3.63, 3.8) is 0 Å². The van der Waals surface area contributed by atoms with Crippen LogP contribution in [-0.2, 0) is 17.8 Å². The predicted molar refractivity (Wildman–Crippen MR) is 87.1 cm³/mol. The number of amides is 1. The van der Waals surface area contributed by atoms with Gasteiger partial charge in [0.15, 0.2) is 11.5 Å². The van der Waals surface area contributed by atoms with Crippen molar-refractivity contribution in [2.24, 2.45) is 0 Å². The van der Waals surface area contributed by atoms with E-state index in [0.29, 0.717) is 30.3 Å². The molecule has 0 fully saturated rings. The largest absolute Gasteiger partial charge is 0.486 e. The Labute approximate surface area is 141 Å². The number of rotatable bonds is 4. The van der Waals surface area contributed by atoms with Gasteiger partial charge in [0.2, 0.25) is 5.91 Å². The first-order chi connectivity index (χ1) is 11.1. The Balaban J connectivity index is 1.65. The number of nitrogens with one attached hydrogen (secondary N) is 1. The number of hydrogen-bond acceptors (Lipinski definition) is 3. The Morgan fingerprint density at radius 3 is 2.57 bits per heavy atom. The van der Waals surface area contributed by atoms with Crippen molar-refractivity contribution < 1.29 is 18.7 Å². The molecule has 23 heavy (non-hydrogen) atoms. The summed E-state index contributed by atoms with van der Waals surface area (Å²) in [5.74, 6) is 0.786. The maximum absolute atomic E-state index is 13.5. The summed E-state index contributed by atoms with van der Waals surface area (Å²) < 4.78 is 25.3. The van der Waals surface area contributed by atoms with Crippen LogP contribution in [0.4, 0.5) is 4.39 Å². The van der Waals surface area contributed by atoms with E-state index in [1.165, 1.54) is 6.07 Å². The lowest BCUT2D eigenvalue weighted by molar-refractivity contribution is -0.120. The first-order valence-electron chi connectivity index (χ1n) is 7.21. The molecule has 0 bridgehead atoms. The molecule has 0 spiro atoms. The summed E-state index contributed by atoms with van der Waals surface area (Å²) in [5, 5.41) is 2.72. The van der Waals surface area contributed by atoms with Crippen LogP contribution in [0.3, 0.4) is 0 Å². The molecule has 1 aliphatic rings. The Hall–Kier alpha value is -2.08. The topological polar surface area (TPSA) is 47.6 Å². The number of benzene rings is 2. The minimum Gasteiger partial charge on any atom is -0.486 e. The van der Waals surface area contributed by atoms with Crippen molar-refractivity contribution in [2.45, 2.75) is 13.0 Å². The third kappa shape index (κ3) is 3.82. The molecular formula is C17H15BrFNO3. The quantitative estimate of drug-likeness (QED) is 0.886. The normalized spacial score (nSPS) is 12.8. The van der Waals surface area contributed by atoms with E-state index in [1.54, 1.807) is 30.3 Å². The third-order valence-corrected chi connectivity index (χ3v) is 4.23. The molecule has 1 heterocycles. The maximum atomic E-state index is 13.5. The monoisotopic (exact) mass is 379 g/mol. The highest BCUT2D eigenvalue weighted by Gasteiger charge is 2.16. The molecule has 1 N–H and O–H groups in total. The van der Waals surface area contributed by atoms with Gasteiger partial charge >= 0.3 is 0 Å². The molecule has 1 amide bonds. The van der Waals surface area contributed by atoms with Gasteiger partial charge in [0.05, 0.1) is 6.42 Å². The Morgan fingerprint density at radius 1 is 1.13 bits per heavy atom. The number of hydrogen-bond donors (Lipinski definition) is 1. The van der Waals surface area contributed by atoms with Gasteiger partial charge in [-0.1, -0.05) is 34.1 Å². The summed E-state index contributed by atoms with van der Waals surface area (Å²) in [6, 6.07) is 9.97. The van der Waals surface area contributed by atoms with E-state index >= 15 is 0 Å². The second-order valence-electron chi connectivity index (χ2n) is 5.13. The molecule has 2 aromatic rings. The van der Waals surface area contributed by atoms with E-state index in [4.69, 9.17) is 9.47 Å². The Morgan fingerprint density at radius 2 is 1.83 bits per heavy atom. The maximum Gasteiger partial charge on any atom is 0.224 e. The van der Waals surface area contributed by atoms with Gasteiger partial charge < -0.3 is 14.8 Å². The fourth-order valence-corrected chi connectivity index (χ4v) is 2.78. The number of carbonyl (C=O) groups excluding carboxylic acids is 1. The molecule has 6 heteroatoms. The van der Waals surface area contributed by atoms with Crippen molar-refractivity contribution in [1.29, 1.82) is 0 Å². The van der Waals surface area contributed by atoms with Crippen LogP contribution in [0.1, 0.15) is 11.1 Å². The average Bonchev–Trinajstić information content (AvgIpc) is 2.55. The molecule has 4 nitrogen and oxygen atoms in total. The molecule has 0 radical (unpaired) electrons. The Kier molecular flexibility index (Phi) is 4.81. The fraction of sp³-hybridized carbons (Fsp3) is 0.235. The summed E-state index contributed by atoms with van der Waals surface area (Å²) in [6.45, 7) is 1.17. The zero-order valence-corrected chi connectivity index (χ0v) is 13.9. The third-order valence-electron chi connectivity index (χ3n) is 3.50. The second-order valence-corrected chi connectivity index (χ2v) is 5.99. The van der Waals surface area contributed by atoms with E-state index in [0.717, 1.165) is 10.0 Å². The van der Waals surface area contributed by atoms with Crippen LogP contribution in [0.2, 0.25) is 0 Å². The first-order valence-corrected chi connectivity index (χ1v) is 8.01. The van der Waals surface area contributed by atoms with Gasteiger partial charge in [0, 0.05) is 16.6 Å². The van der Waals surface area contributed by atoms with E-state index < -0.39 is 0 Å². The van der Waals surface area contributed by atoms with Crippen molar-refractivity contribution >= 4 is 21.8 Å². The molecule has 0 aromatic heterocycles. The molecule has 0 saturated heterocycles. The van der Waals surface area contributed by atoms with E-state index in [1.807, 2.05) is 0 Å². The number of ether oxygens (including phenoxy) is 2.